The molecule has 0 saturated heterocycles. The van der Waals surface area contributed by atoms with Crippen LogP contribution in [0.15, 0.2) is 47.1 Å². The highest BCUT2D eigenvalue weighted by Gasteiger charge is 2.62. The van der Waals surface area contributed by atoms with Gasteiger partial charge in [-0.3, -0.25) is 9.59 Å². The highest BCUT2D eigenvalue weighted by atomic mass is 16.5. The lowest BCUT2D eigenvalue weighted by Crippen LogP contribution is -2.50. The number of nitrogens with zero attached hydrogens (tertiary/aromatic N) is 2. The van der Waals surface area contributed by atoms with Crippen LogP contribution in [-0.4, -0.2) is 18.2 Å². The summed E-state index contributed by atoms with van der Waals surface area (Å²) in [6.07, 6.45) is 2.52. The molecule has 0 bridgehead atoms. The second kappa shape index (κ2) is 6.48. The van der Waals surface area contributed by atoms with E-state index in [0.717, 1.165) is 18.5 Å². The number of ketones is 1. The molecule has 1 spiro atoms. The molecule has 3 aliphatic rings. The number of hydrogen-bond donors (Lipinski definition) is 1. The van der Waals surface area contributed by atoms with Crippen molar-refractivity contribution in [1.29, 1.82) is 5.26 Å². The van der Waals surface area contributed by atoms with Gasteiger partial charge in [0.25, 0.3) is 0 Å². The molecule has 0 aromatic heterocycles. The molecule has 150 valence electrons. The number of nitriles is 1. The molecule has 4 rings (SSSR count). The number of carbonyl (C=O) groups is 2. The minimum absolute atomic E-state index is 0.0146. The van der Waals surface area contributed by atoms with Crippen molar-refractivity contribution in [3.8, 4) is 6.07 Å². The third-order valence-electron chi connectivity index (χ3n) is 6.08. The summed E-state index contributed by atoms with van der Waals surface area (Å²) in [5, 5.41) is 10.00. The van der Waals surface area contributed by atoms with Crippen LogP contribution in [0.1, 0.15) is 52.0 Å². The molecule has 6 heteroatoms. The molecule has 6 nitrogen and oxygen atoms in total. The normalized spacial score (nSPS) is 25.1. The van der Waals surface area contributed by atoms with Crippen LogP contribution in [0.5, 0.6) is 0 Å². The summed E-state index contributed by atoms with van der Waals surface area (Å²) in [4.78, 5) is 29.0. The van der Waals surface area contributed by atoms with Crippen LogP contribution >= 0.6 is 0 Å². The summed E-state index contributed by atoms with van der Waals surface area (Å²) in [5.41, 5.74) is 6.04. The fourth-order valence-electron chi connectivity index (χ4n) is 4.88. The van der Waals surface area contributed by atoms with Gasteiger partial charge in [0.2, 0.25) is 11.8 Å². The van der Waals surface area contributed by atoms with Gasteiger partial charge in [0, 0.05) is 30.6 Å². The van der Waals surface area contributed by atoms with E-state index in [1.54, 1.807) is 4.90 Å². The molecule has 29 heavy (non-hydrogen) atoms. The zero-order valence-corrected chi connectivity index (χ0v) is 17.0. The molecule has 1 aromatic carbocycles. The van der Waals surface area contributed by atoms with Crippen molar-refractivity contribution in [2.45, 2.75) is 51.9 Å². The maximum atomic E-state index is 14.0. The first-order valence-corrected chi connectivity index (χ1v) is 10.0. The summed E-state index contributed by atoms with van der Waals surface area (Å²) < 4.78 is 5.79. The van der Waals surface area contributed by atoms with Crippen LogP contribution in [-0.2, 0) is 19.7 Å². The Morgan fingerprint density at radius 3 is 2.66 bits per heavy atom. The Hall–Kier alpha value is -3.07. The second-order valence-electron chi connectivity index (χ2n) is 8.77. The van der Waals surface area contributed by atoms with Crippen molar-refractivity contribution in [3.05, 3.63) is 52.6 Å². The van der Waals surface area contributed by atoms with E-state index in [2.05, 4.69) is 13.0 Å². The smallest absolute Gasteiger partial charge is 0.247 e. The number of allylic oxidation sites excluding steroid dienone is 1. The zero-order chi connectivity index (χ0) is 21.0. The lowest BCUT2D eigenvalue weighted by atomic mass is 9.62. The van der Waals surface area contributed by atoms with E-state index < -0.39 is 5.41 Å². The van der Waals surface area contributed by atoms with Crippen molar-refractivity contribution >= 4 is 17.4 Å². The Labute approximate surface area is 170 Å². The van der Waals surface area contributed by atoms with Crippen molar-refractivity contribution < 1.29 is 14.3 Å². The lowest BCUT2D eigenvalue weighted by Gasteiger charge is -2.41. The number of hydrogen-bond acceptors (Lipinski definition) is 5. The third-order valence-corrected chi connectivity index (χ3v) is 6.08. The Morgan fingerprint density at radius 1 is 1.24 bits per heavy atom. The SMILES string of the molecule is CCCCN1C(=O)[C@]2(C(C#N)=C(N)OC3=C2C(=O)CC(C)(C)C3)c2ccccc21. The largest absolute Gasteiger partial charge is 0.444 e. The zero-order valence-electron chi connectivity index (χ0n) is 17.0. The molecule has 1 aliphatic carbocycles. The van der Waals surface area contributed by atoms with Gasteiger partial charge in [0.15, 0.2) is 5.78 Å². The third kappa shape index (κ3) is 2.53. The number of para-hydroxylation sites is 1. The lowest BCUT2D eigenvalue weighted by molar-refractivity contribution is -0.125. The highest BCUT2D eigenvalue weighted by Crippen LogP contribution is 2.57. The summed E-state index contributed by atoms with van der Waals surface area (Å²) in [7, 11) is 0. The van der Waals surface area contributed by atoms with E-state index in [9.17, 15) is 14.9 Å². The predicted octanol–water partition coefficient (Wildman–Crippen LogP) is 3.44. The van der Waals surface area contributed by atoms with Gasteiger partial charge < -0.3 is 15.4 Å². The Kier molecular flexibility index (Phi) is 4.30. The molecular formula is C23H25N3O3. The van der Waals surface area contributed by atoms with Crippen LogP contribution in [0.2, 0.25) is 0 Å². The van der Waals surface area contributed by atoms with Gasteiger partial charge in [-0.1, -0.05) is 45.4 Å². The molecule has 2 heterocycles. The Balaban J connectivity index is 2.04. The van der Waals surface area contributed by atoms with Gasteiger partial charge in [-0.2, -0.15) is 5.26 Å². The van der Waals surface area contributed by atoms with Crippen molar-refractivity contribution in [1.82, 2.24) is 0 Å². The number of ether oxygens (including phenoxy) is 1. The fourth-order valence-corrected chi connectivity index (χ4v) is 4.88. The topological polar surface area (TPSA) is 96.4 Å². The Morgan fingerprint density at radius 2 is 1.97 bits per heavy atom. The number of nitrogens with two attached hydrogens (primary N) is 1. The quantitative estimate of drug-likeness (QED) is 0.851. The second-order valence-corrected chi connectivity index (χ2v) is 8.77. The van der Waals surface area contributed by atoms with Crippen LogP contribution in [0.4, 0.5) is 5.69 Å². The molecule has 2 aliphatic heterocycles. The van der Waals surface area contributed by atoms with Crippen molar-refractivity contribution in [3.63, 3.8) is 0 Å². The minimum atomic E-state index is -1.51. The molecule has 0 unspecified atom stereocenters. The van der Waals surface area contributed by atoms with Gasteiger partial charge in [-0.05, 0) is 17.9 Å². The van der Waals surface area contributed by atoms with Crippen LogP contribution < -0.4 is 10.6 Å². The molecule has 0 fully saturated rings. The monoisotopic (exact) mass is 391 g/mol. The van der Waals surface area contributed by atoms with Crippen LogP contribution in [0.25, 0.3) is 0 Å². The minimum Gasteiger partial charge on any atom is -0.444 e. The van der Waals surface area contributed by atoms with Gasteiger partial charge >= 0.3 is 0 Å². The number of rotatable bonds is 3. The van der Waals surface area contributed by atoms with Gasteiger partial charge in [-0.15, -0.1) is 0 Å². The fraction of sp³-hybridized carbons (Fsp3) is 0.435. The summed E-state index contributed by atoms with van der Waals surface area (Å²) in [6.45, 7) is 6.56. The number of benzene rings is 1. The van der Waals surface area contributed by atoms with Crippen molar-refractivity contribution in [2.75, 3.05) is 11.4 Å². The molecule has 0 saturated carbocycles. The average Bonchev–Trinajstić information content (AvgIpc) is 2.88. The van der Waals surface area contributed by atoms with Crippen LogP contribution in [0.3, 0.4) is 0 Å². The number of amides is 1. The number of unbranched alkanes of at least 4 members (excludes halogenated alkanes) is 1. The summed E-state index contributed by atoms with van der Waals surface area (Å²) in [5.74, 6) is -0.104. The van der Waals surface area contributed by atoms with Crippen LogP contribution in [0, 0.1) is 16.7 Å². The van der Waals surface area contributed by atoms with E-state index in [1.807, 2.05) is 38.1 Å². The maximum Gasteiger partial charge on any atom is 0.247 e. The first-order valence-electron chi connectivity index (χ1n) is 10.0. The van der Waals surface area contributed by atoms with Gasteiger partial charge in [-0.25, -0.2) is 0 Å². The number of Topliss-reactive ketones (excluding diaryl/α,β-unsaturated/α-hetero) is 1. The van der Waals surface area contributed by atoms with E-state index in [0.29, 0.717) is 36.3 Å². The van der Waals surface area contributed by atoms with E-state index in [1.165, 1.54) is 0 Å². The first-order chi connectivity index (χ1) is 13.8. The first kappa shape index (κ1) is 19.3. The molecule has 1 atom stereocenters. The molecule has 1 amide bonds. The van der Waals surface area contributed by atoms with E-state index >= 15 is 0 Å². The molecule has 0 radical (unpaired) electrons. The maximum absolute atomic E-state index is 14.0. The summed E-state index contributed by atoms with van der Waals surface area (Å²) >= 11 is 0. The number of carbonyl (C=O) groups excluding carboxylic acids is 2. The standard InChI is InChI=1S/C23H25N3O3/c1-4-5-10-26-16-9-7-6-8-14(16)23(21(26)28)15(13-24)20(25)29-18-12-22(2,3)11-17(27)19(18)23/h6-9H,4-5,10-12,25H2,1-3H3/t23-/m0/s1. The van der Waals surface area contributed by atoms with E-state index in [4.69, 9.17) is 10.5 Å². The van der Waals surface area contributed by atoms with Gasteiger partial charge in [0.1, 0.15) is 22.8 Å². The van der Waals surface area contributed by atoms with Crippen molar-refractivity contribution in [2.24, 2.45) is 11.1 Å². The number of anilines is 1. The Bertz CT molecular complexity index is 1030. The molecule has 2 N–H and O–H groups in total. The number of fused-ring (bicyclic) bond motifs is 3. The summed E-state index contributed by atoms with van der Waals surface area (Å²) in [6, 6.07) is 9.49. The average molecular weight is 391 g/mol. The molecule has 1 aromatic rings. The highest BCUT2D eigenvalue weighted by molar-refractivity contribution is 6.20. The van der Waals surface area contributed by atoms with E-state index in [-0.39, 0.29) is 28.6 Å². The predicted molar refractivity (Wildman–Crippen MR) is 108 cm³/mol. The molecular weight excluding hydrogens is 366 g/mol. The van der Waals surface area contributed by atoms with Gasteiger partial charge in [0.05, 0.1) is 5.57 Å².